The number of amides is 2. The molecule has 0 atom stereocenters. The monoisotopic (exact) mass is 422 g/mol. The Bertz CT molecular complexity index is 1400. The first-order chi connectivity index (χ1) is 15.5. The molecule has 1 N–H and O–H groups in total. The van der Waals surface area contributed by atoms with E-state index in [4.69, 9.17) is 0 Å². The summed E-state index contributed by atoms with van der Waals surface area (Å²) >= 11 is 0. The quantitative estimate of drug-likeness (QED) is 0.430. The molecule has 0 aliphatic carbocycles. The Morgan fingerprint density at radius 3 is 2.22 bits per heavy atom. The molecule has 5 rings (SSSR count). The lowest BCUT2D eigenvalue weighted by molar-refractivity contribution is -0.120. The molecule has 156 valence electrons. The number of nitrogens with one attached hydrogen (secondary N) is 1. The molecule has 0 saturated heterocycles. The largest absolute Gasteiger partial charge is 0.350 e. The lowest BCUT2D eigenvalue weighted by atomic mass is 10.0. The van der Waals surface area contributed by atoms with Crippen molar-refractivity contribution in [2.75, 3.05) is 10.2 Å². The number of anilines is 2. The number of carbonyl (C=O) groups excluding carboxylic acids is 2. The minimum atomic E-state index is -0.448. The molecule has 0 bridgehead atoms. The van der Waals surface area contributed by atoms with Gasteiger partial charge in [0.25, 0.3) is 11.8 Å². The second-order valence-electron chi connectivity index (χ2n) is 7.64. The van der Waals surface area contributed by atoms with Crippen molar-refractivity contribution in [3.05, 3.63) is 114 Å². The van der Waals surface area contributed by atoms with Gasteiger partial charge < -0.3 is 5.32 Å². The van der Waals surface area contributed by atoms with E-state index >= 15 is 0 Å². The predicted octanol–water partition coefficient (Wildman–Crippen LogP) is 5.68. The van der Waals surface area contributed by atoms with Gasteiger partial charge in [-0.25, -0.2) is 9.29 Å². The molecule has 4 aromatic carbocycles. The molecular weight excluding hydrogens is 403 g/mol. The highest BCUT2D eigenvalue weighted by Gasteiger charge is 2.40. The highest BCUT2D eigenvalue weighted by Crippen LogP contribution is 2.36. The van der Waals surface area contributed by atoms with Crippen LogP contribution >= 0.6 is 0 Å². The topological polar surface area (TPSA) is 49.4 Å². The number of rotatable bonds is 4. The summed E-state index contributed by atoms with van der Waals surface area (Å²) in [5.41, 5.74) is 2.90. The number of nitrogens with zero attached hydrogens (tertiary/aromatic N) is 1. The second-order valence-corrected chi connectivity index (χ2v) is 7.64. The van der Waals surface area contributed by atoms with Crippen LogP contribution in [-0.4, -0.2) is 11.8 Å². The maximum absolute atomic E-state index is 13.6. The van der Waals surface area contributed by atoms with E-state index in [0.29, 0.717) is 16.9 Å². The van der Waals surface area contributed by atoms with E-state index in [2.05, 4.69) is 5.32 Å². The summed E-state index contributed by atoms with van der Waals surface area (Å²) in [6, 6.07) is 26.4. The molecule has 0 radical (unpaired) electrons. The van der Waals surface area contributed by atoms with Crippen LogP contribution in [0.5, 0.6) is 0 Å². The van der Waals surface area contributed by atoms with E-state index in [1.165, 1.54) is 29.2 Å². The summed E-state index contributed by atoms with van der Waals surface area (Å²) in [4.78, 5) is 28.3. The third-order valence-corrected chi connectivity index (χ3v) is 5.62. The smallest absolute Gasteiger partial charge is 0.282 e. The number of hydrogen-bond donors (Lipinski definition) is 1. The Balaban J connectivity index is 1.68. The van der Waals surface area contributed by atoms with Crippen LogP contribution in [0.2, 0.25) is 0 Å². The second kappa shape index (κ2) is 7.78. The van der Waals surface area contributed by atoms with Crippen molar-refractivity contribution < 1.29 is 14.0 Å². The molecule has 1 aliphatic rings. The molecule has 0 fully saturated rings. The van der Waals surface area contributed by atoms with Gasteiger partial charge in [-0.3, -0.25) is 9.59 Å². The number of halogens is 1. The average Bonchev–Trinajstić information content (AvgIpc) is 3.04. The van der Waals surface area contributed by atoms with Crippen LogP contribution in [0.3, 0.4) is 0 Å². The lowest BCUT2D eigenvalue weighted by Gasteiger charge is -2.18. The fourth-order valence-corrected chi connectivity index (χ4v) is 4.03. The van der Waals surface area contributed by atoms with Crippen LogP contribution in [-0.2, 0) is 9.59 Å². The minimum absolute atomic E-state index is 0.168. The Morgan fingerprint density at radius 1 is 0.750 bits per heavy atom. The van der Waals surface area contributed by atoms with Crippen molar-refractivity contribution in [1.82, 2.24) is 0 Å². The fraction of sp³-hybridized carbons (Fsp3) is 0.0370. The standard InChI is InChI=1S/C27H19FN2O2/c1-17-7-2-5-12-23(17)30-26(31)24(19-13-15-20(28)16-14-19)25(27(30)32)29-22-11-6-9-18-8-3-4-10-21(18)22/h2-16,29H,1H3. The summed E-state index contributed by atoms with van der Waals surface area (Å²) in [7, 11) is 0. The van der Waals surface area contributed by atoms with E-state index < -0.39 is 17.6 Å². The van der Waals surface area contributed by atoms with Crippen molar-refractivity contribution in [3.63, 3.8) is 0 Å². The molecule has 0 aromatic heterocycles. The normalized spacial score (nSPS) is 13.9. The molecule has 4 aromatic rings. The first-order valence-corrected chi connectivity index (χ1v) is 10.2. The lowest BCUT2D eigenvalue weighted by Crippen LogP contribution is -2.33. The van der Waals surface area contributed by atoms with Crippen LogP contribution in [0.25, 0.3) is 16.3 Å². The summed E-state index contributed by atoms with van der Waals surface area (Å²) in [6.45, 7) is 1.85. The van der Waals surface area contributed by atoms with Gasteiger partial charge in [0.1, 0.15) is 11.5 Å². The van der Waals surface area contributed by atoms with Gasteiger partial charge in [0.05, 0.1) is 11.3 Å². The summed E-state index contributed by atoms with van der Waals surface area (Å²) in [5, 5.41) is 5.16. The predicted molar refractivity (Wildman–Crippen MR) is 125 cm³/mol. The van der Waals surface area contributed by atoms with E-state index in [-0.39, 0.29) is 11.3 Å². The molecule has 0 unspecified atom stereocenters. The number of hydrogen-bond acceptors (Lipinski definition) is 3. The average molecular weight is 422 g/mol. The van der Waals surface area contributed by atoms with Crippen LogP contribution in [0.15, 0.2) is 96.7 Å². The molecule has 32 heavy (non-hydrogen) atoms. The number of para-hydroxylation sites is 1. The van der Waals surface area contributed by atoms with Crippen molar-refractivity contribution in [1.29, 1.82) is 0 Å². The highest BCUT2D eigenvalue weighted by atomic mass is 19.1. The van der Waals surface area contributed by atoms with Crippen molar-refractivity contribution >= 4 is 39.5 Å². The third kappa shape index (κ3) is 3.24. The molecule has 0 saturated carbocycles. The van der Waals surface area contributed by atoms with Crippen LogP contribution < -0.4 is 10.2 Å². The van der Waals surface area contributed by atoms with Gasteiger partial charge in [0.2, 0.25) is 0 Å². The molecule has 1 aliphatic heterocycles. The maximum atomic E-state index is 13.6. The number of fused-ring (bicyclic) bond motifs is 1. The Labute approximate surface area is 184 Å². The fourth-order valence-electron chi connectivity index (χ4n) is 4.03. The number of benzene rings is 4. The zero-order valence-electron chi connectivity index (χ0n) is 17.3. The molecule has 2 amide bonds. The van der Waals surface area contributed by atoms with Gasteiger partial charge in [-0.2, -0.15) is 0 Å². The summed E-state index contributed by atoms with van der Waals surface area (Å²) < 4.78 is 13.6. The Kier molecular flexibility index (Phi) is 4.79. The van der Waals surface area contributed by atoms with Crippen LogP contribution in [0.1, 0.15) is 11.1 Å². The number of aryl methyl sites for hydroxylation is 1. The zero-order chi connectivity index (χ0) is 22.2. The first kappa shape index (κ1) is 19.7. The number of carbonyl (C=O) groups is 2. The SMILES string of the molecule is Cc1ccccc1N1C(=O)C(Nc2cccc3ccccc23)=C(c2ccc(F)cc2)C1=O. The van der Waals surface area contributed by atoms with Gasteiger partial charge in [-0.05, 0) is 47.7 Å². The van der Waals surface area contributed by atoms with Crippen molar-refractivity contribution in [3.8, 4) is 0 Å². The number of imide groups is 1. The van der Waals surface area contributed by atoms with E-state index in [9.17, 15) is 14.0 Å². The van der Waals surface area contributed by atoms with Crippen molar-refractivity contribution in [2.45, 2.75) is 6.92 Å². The molecule has 5 heteroatoms. The van der Waals surface area contributed by atoms with Gasteiger partial charge in [0.15, 0.2) is 0 Å². The summed E-state index contributed by atoms with van der Waals surface area (Å²) in [5.74, 6) is -1.30. The third-order valence-electron chi connectivity index (χ3n) is 5.62. The van der Waals surface area contributed by atoms with E-state index in [0.717, 1.165) is 16.3 Å². The van der Waals surface area contributed by atoms with Gasteiger partial charge >= 0.3 is 0 Å². The van der Waals surface area contributed by atoms with Crippen LogP contribution in [0.4, 0.5) is 15.8 Å². The summed E-state index contributed by atoms with van der Waals surface area (Å²) in [6.07, 6.45) is 0. The van der Waals surface area contributed by atoms with Gasteiger partial charge in [-0.1, -0.05) is 66.7 Å². The van der Waals surface area contributed by atoms with E-state index in [1.807, 2.05) is 61.5 Å². The zero-order valence-corrected chi connectivity index (χ0v) is 17.3. The Hall–Kier alpha value is -4.25. The van der Waals surface area contributed by atoms with Gasteiger partial charge in [-0.15, -0.1) is 0 Å². The Morgan fingerprint density at radius 2 is 1.44 bits per heavy atom. The highest BCUT2D eigenvalue weighted by molar-refractivity contribution is 6.46. The van der Waals surface area contributed by atoms with Crippen molar-refractivity contribution in [2.24, 2.45) is 0 Å². The van der Waals surface area contributed by atoms with Crippen LogP contribution in [0, 0.1) is 12.7 Å². The molecule has 0 spiro atoms. The minimum Gasteiger partial charge on any atom is -0.350 e. The maximum Gasteiger partial charge on any atom is 0.282 e. The van der Waals surface area contributed by atoms with Gasteiger partial charge in [0, 0.05) is 11.1 Å². The van der Waals surface area contributed by atoms with E-state index in [1.54, 1.807) is 12.1 Å². The first-order valence-electron chi connectivity index (χ1n) is 10.2. The molecule has 1 heterocycles. The molecular formula is C27H19FN2O2. The molecule has 4 nitrogen and oxygen atoms in total.